The van der Waals surface area contributed by atoms with Crippen molar-refractivity contribution >= 4 is 29.1 Å². The van der Waals surface area contributed by atoms with E-state index in [-0.39, 0.29) is 5.95 Å². The Morgan fingerprint density at radius 2 is 1.75 bits per heavy atom. The number of anilines is 3. The highest BCUT2D eigenvalue weighted by atomic mass is 16.2. The smallest absolute Gasteiger partial charge is 0.316 e. The van der Waals surface area contributed by atoms with Crippen molar-refractivity contribution in [2.45, 2.75) is 0 Å². The van der Waals surface area contributed by atoms with E-state index in [0.717, 1.165) is 5.69 Å². The summed E-state index contributed by atoms with van der Waals surface area (Å²) in [5, 5.41) is 10.8. The summed E-state index contributed by atoms with van der Waals surface area (Å²) in [7, 11) is 3.83. The fraction of sp³-hybridized carbons (Fsp3) is 0.167. The van der Waals surface area contributed by atoms with Gasteiger partial charge in [0.15, 0.2) is 0 Å². The molecule has 0 fully saturated rings. The van der Waals surface area contributed by atoms with Gasteiger partial charge in [-0.2, -0.15) is 10.1 Å². The molecule has 8 heteroatoms. The number of amides is 2. The monoisotopic (exact) mass is 274 g/mol. The number of aromatic amines is 1. The van der Waals surface area contributed by atoms with Gasteiger partial charge in [0, 0.05) is 25.5 Å². The first-order valence-electron chi connectivity index (χ1n) is 5.81. The van der Waals surface area contributed by atoms with Crippen molar-refractivity contribution in [3.8, 4) is 0 Å². The van der Waals surface area contributed by atoms with Crippen LogP contribution in [-0.2, 0) is 9.59 Å². The number of rotatable bonds is 3. The molecule has 104 valence electrons. The Balaban J connectivity index is 1.95. The van der Waals surface area contributed by atoms with E-state index in [9.17, 15) is 9.59 Å². The summed E-state index contributed by atoms with van der Waals surface area (Å²) in [5.74, 6) is -1.48. The second-order valence-electron chi connectivity index (χ2n) is 4.18. The van der Waals surface area contributed by atoms with Gasteiger partial charge in [0.1, 0.15) is 6.33 Å². The Morgan fingerprint density at radius 3 is 2.30 bits per heavy atom. The van der Waals surface area contributed by atoms with Crippen LogP contribution in [0.1, 0.15) is 0 Å². The summed E-state index contributed by atoms with van der Waals surface area (Å²) in [4.78, 5) is 28.9. The van der Waals surface area contributed by atoms with Gasteiger partial charge in [-0.15, -0.1) is 0 Å². The van der Waals surface area contributed by atoms with Crippen molar-refractivity contribution in [1.29, 1.82) is 0 Å². The Kier molecular flexibility index (Phi) is 3.94. The SMILES string of the molecule is CN(C)c1ccc(NC(=O)C(=O)Nc2ncn[nH]2)cc1. The zero-order valence-corrected chi connectivity index (χ0v) is 11.0. The second kappa shape index (κ2) is 5.83. The van der Waals surface area contributed by atoms with Gasteiger partial charge in [0.25, 0.3) is 0 Å². The number of benzene rings is 1. The average molecular weight is 274 g/mol. The molecule has 0 spiro atoms. The molecule has 0 saturated heterocycles. The zero-order chi connectivity index (χ0) is 14.5. The zero-order valence-electron chi connectivity index (χ0n) is 11.0. The van der Waals surface area contributed by atoms with Gasteiger partial charge in [-0.05, 0) is 24.3 Å². The van der Waals surface area contributed by atoms with Gasteiger partial charge in [-0.1, -0.05) is 0 Å². The third-order valence-corrected chi connectivity index (χ3v) is 2.49. The highest BCUT2D eigenvalue weighted by molar-refractivity contribution is 6.43. The lowest BCUT2D eigenvalue weighted by molar-refractivity contribution is -0.133. The van der Waals surface area contributed by atoms with Crippen LogP contribution in [0.3, 0.4) is 0 Å². The lowest BCUT2D eigenvalue weighted by Gasteiger charge is -2.12. The topological polar surface area (TPSA) is 103 Å². The molecule has 0 atom stereocenters. The predicted molar refractivity (Wildman–Crippen MR) is 74.4 cm³/mol. The Bertz CT molecular complexity index is 591. The van der Waals surface area contributed by atoms with Crippen molar-refractivity contribution in [3.63, 3.8) is 0 Å². The van der Waals surface area contributed by atoms with E-state index in [0.29, 0.717) is 5.69 Å². The number of hydrogen-bond donors (Lipinski definition) is 3. The Labute approximate surface area is 115 Å². The van der Waals surface area contributed by atoms with Gasteiger partial charge in [-0.3, -0.25) is 14.9 Å². The van der Waals surface area contributed by atoms with Gasteiger partial charge < -0.3 is 10.2 Å². The first-order valence-corrected chi connectivity index (χ1v) is 5.81. The highest BCUT2D eigenvalue weighted by Gasteiger charge is 2.15. The van der Waals surface area contributed by atoms with Crippen LogP contribution in [0.5, 0.6) is 0 Å². The fourth-order valence-corrected chi connectivity index (χ4v) is 1.46. The average Bonchev–Trinajstić information content (AvgIpc) is 2.92. The molecule has 2 aromatic rings. The lowest BCUT2D eigenvalue weighted by Crippen LogP contribution is -2.29. The van der Waals surface area contributed by atoms with Crippen molar-refractivity contribution in [3.05, 3.63) is 30.6 Å². The molecule has 0 radical (unpaired) electrons. The molecule has 1 heterocycles. The third kappa shape index (κ3) is 3.31. The fourth-order valence-electron chi connectivity index (χ4n) is 1.46. The van der Waals surface area contributed by atoms with Gasteiger partial charge in [0.05, 0.1) is 0 Å². The minimum Gasteiger partial charge on any atom is -0.378 e. The molecule has 0 aliphatic heterocycles. The number of carbonyl (C=O) groups excluding carboxylic acids is 2. The van der Waals surface area contributed by atoms with Gasteiger partial charge in [0.2, 0.25) is 5.95 Å². The van der Waals surface area contributed by atoms with Crippen LogP contribution in [0.4, 0.5) is 17.3 Å². The second-order valence-corrected chi connectivity index (χ2v) is 4.18. The van der Waals surface area contributed by atoms with E-state index in [1.165, 1.54) is 6.33 Å². The standard InChI is InChI=1S/C12H14N6O2/c1-18(2)9-5-3-8(4-6-9)15-10(19)11(20)16-12-13-7-14-17-12/h3-7H,1-2H3,(H,15,19)(H2,13,14,16,17,20). The van der Waals surface area contributed by atoms with Crippen molar-refractivity contribution in [2.75, 3.05) is 29.6 Å². The normalized spacial score (nSPS) is 9.90. The van der Waals surface area contributed by atoms with Crippen LogP contribution in [-0.4, -0.2) is 41.1 Å². The molecular formula is C12H14N6O2. The summed E-state index contributed by atoms with van der Waals surface area (Å²) >= 11 is 0. The van der Waals surface area contributed by atoms with Crippen LogP contribution < -0.4 is 15.5 Å². The maximum Gasteiger partial charge on any atom is 0.316 e. The molecule has 0 aliphatic carbocycles. The number of nitrogens with one attached hydrogen (secondary N) is 3. The summed E-state index contributed by atoms with van der Waals surface area (Å²) in [6.45, 7) is 0. The number of nitrogens with zero attached hydrogens (tertiary/aromatic N) is 3. The minimum absolute atomic E-state index is 0.119. The third-order valence-electron chi connectivity index (χ3n) is 2.49. The largest absolute Gasteiger partial charge is 0.378 e. The quantitative estimate of drug-likeness (QED) is 0.705. The number of hydrogen-bond acceptors (Lipinski definition) is 5. The molecule has 20 heavy (non-hydrogen) atoms. The highest BCUT2D eigenvalue weighted by Crippen LogP contribution is 2.15. The maximum absolute atomic E-state index is 11.7. The lowest BCUT2D eigenvalue weighted by atomic mass is 10.2. The Hall–Kier alpha value is -2.90. The molecule has 1 aromatic heterocycles. The summed E-state index contributed by atoms with van der Waals surface area (Å²) < 4.78 is 0. The van der Waals surface area contributed by atoms with E-state index in [1.54, 1.807) is 12.1 Å². The molecule has 0 saturated carbocycles. The number of aromatic nitrogens is 3. The van der Waals surface area contributed by atoms with Crippen molar-refractivity contribution in [2.24, 2.45) is 0 Å². The van der Waals surface area contributed by atoms with Crippen LogP contribution in [0, 0.1) is 0 Å². The molecule has 2 rings (SSSR count). The van der Waals surface area contributed by atoms with E-state index in [1.807, 2.05) is 31.1 Å². The van der Waals surface area contributed by atoms with Gasteiger partial charge in [-0.25, -0.2) is 5.10 Å². The maximum atomic E-state index is 11.7. The van der Waals surface area contributed by atoms with Crippen LogP contribution >= 0.6 is 0 Å². The first-order chi connectivity index (χ1) is 9.56. The molecule has 0 bridgehead atoms. The van der Waals surface area contributed by atoms with E-state index in [2.05, 4.69) is 25.8 Å². The number of carbonyl (C=O) groups is 2. The molecule has 3 N–H and O–H groups in total. The van der Waals surface area contributed by atoms with Crippen LogP contribution in [0.25, 0.3) is 0 Å². The predicted octanol–water partition coefficient (Wildman–Crippen LogP) is 0.448. The van der Waals surface area contributed by atoms with E-state index >= 15 is 0 Å². The molecule has 0 unspecified atom stereocenters. The van der Waals surface area contributed by atoms with Crippen LogP contribution in [0.2, 0.25) is 0 Å². The Morgan fingerprint density at radius 1 is 1.10 bits per heavy atom. The van der Waals surface area contributed by atoms with Crippen molar-refractivity contribution in [1.82, 2.24) is 15.2 Å². The molecular weight excluding hydrogens is 260 g/mol. The number of H-pyrrole nitrogens is 1. The van der Waals surface area contributed by atoms with E-state index < -0.39 is 11.8 Å². The summed E-state index contributed by atoms with van der Waals surface area (Å²) in [6, 6.07) is 7.11. The van der Waals surface area contributed by atoms with Crippen LogP contribution in [0.15, 0.2) is 30.6 Å². The van der Waals surface area contributed by atoms with Crippen molar-refractivity contribution < 1.29 is 9.59 Å². The molecule has 1 aromatic carbocycles. The minimum atomic E-state index is -0.821. The molecule has 2 amide bonds. The first kappa shape index (κ1) is 13.5. The molecule has 0 aliphatic rings. The molecule has 8 nitrogen and oxygen atoms in total. The summed E-state index contributed by atoms with van der Waals surface area (Å²) in [5.41, 5.74) is 1.53. The summed E-state index contributed by atoms with van der Waals surface area (Å²) in [6.07, 6.45) is 1.23. The van der Waals surface area contributed by atoms with Gasteiger partial charge >= 0.3 is 11.8 Å². The van der Waals surface area contributed by atoms with E-state index in [4.69, 9.17) is 0 Å².